The van der Waals surface area contributed by atoms with Crippen LogP contribution >= 0.6 is 0 Å². The number of hydrogen-bond acceptors (Lipinski definition) is 3. The molecule has 0 amide bonds. The van der Waals surface area contributed by atoms with Crippen molar-refractivity contribution in [3.63, 3.8) is 0 Å². The van der Waals surface area contributed by atoms with Crippen molar-refractivity contribution in [1.29, 1.82) is 0 Å². The predicted molar refractivity (Wildman–Crippen MR) is 81.0 cm³/mol. The quantitative estimate of drug-likeness (QED) is 0.920. The molecule has 2 aromatic rings. The lowest BCUT2D eigenvalue weighted by Gasteiger charge is -2.22. The van der Waals surface area contributed by atoms with Gasteiger partial charge < -0.3 is 10.6 Å². The summed E-state index contributed by atoms with van der Waals surface area (Å²) in [4.78, 5) is 2.11. The molecule has 4 nitrogen and oxygen atoms in total. The summed E-state index contributed by atoms with van der Waals surface area (Å²) in [5.74, 6) is 0.948. The molecule has 0 atom stereocenters. The maximum absolute atomic E-state index is 6.21. The molecule has 1 aromatic heterocycles. The minimum Gasteiger partial charge on any atom is -0.394 e. The molecule has 0 spiro atoms. The van der Waals surface area contributed by atoms with Gasteiger partial charge in [0.2, 0.25) is 0 Å². The standard InChI is InChI=1S/C15H22N4/c1-6-12-14(16)15(19(5)17-12)18(4)13-8-7-10(2)9-11(13)3/h7-9H,6,16H2,1-5H3. The second-order valence-corrected chi connectivity index (χ2v) is 5.01. The maximum atomic E-state index is 6.21. The minimum absolute atomic E-state index is 0.771. The third kappa shape index (κ3) is 2.30. The Morgan fingerprint density at radius 3 is 2.53 bits per heavy atom. The van der Waals surface area contributed by atoms with Gasteiger partial charge >= 0.3 is 0 Å². The zero-order valence-corrected chi connectivity index (χ0v) is 12.4. The normalized spacial score (nSPS) is 10.8. The highest BCUT2D eigenvalue weighted by Crippen LogP contribution is 2.32. The van der Waals surface area contributed by atoms with E-state index in [1.807, 2.05) is 18.8 Å². The van der Waals surface area contributed by atoms with Crippen molar-refractivity contribution in [3.8, 4) is 0 Å². The Kier molecular flexibility index (Phi) is 3.51. The number of anilines is 3. The topological polar surface area (TPSA) is 47.1 Å². The predicted octanol–water partition coefficient (Wildman–Crippen LogP) is 2.95. The second kappa shape index (κ2) is 4.96. The number of nitrogens with zero attached hydrogens (tertiary/aromatic N) is 3. The largest absolute Gasteiger partial charge is 0.394 e. The van der Waals surface area contributed by atoms with Crippen LogP contribution in [0.1, 0.15) is 23.7 Å². The number of hydrogen-bond donors (Lipinski definition) is 1. The first-order valence-corrected chi connectivity index (χ1v) is 6.58. The van der Waals surface area contributed by atoms with Gasteiger partial charge in [0.15, 0.2) is 5.82 Å². The van der Waals surface area contributed by atoms with E-state index in [2.05, 4.69) is 49.0 Å². The Bertz CT molecular complexity index is 598. The molecule has 2 N–H and O–H groups in total. The van der Waals surface area contributed by atoms with Gasteiger partial charge in [-0.25, -0.2) is 0 Å². The van der Waals surface area contributed by atoms with Gasteiger partial charge in [0.25, 0.3) is 0 Å². The molecule has 4 heteroatoms. The van der Waals surface area contributed by atoms with Crippen LogP contribution < -0.4 is 10.6 Å². The summed E-state index contributed by atoms with van der Waals surface area (Å²) < 4.78 is 1.85. The van der Waals surface area contributed by atoms with E-state index < -0.39 is 0 Å². The van der Waals surface area contributed by atoms with Gasteiger partial charge in [-0.1, -0.05) is 24.6 Å². The number of aryl methyl sites for hydroxylation is 4. The van der Waals surface area contributed by atoms with Crippen LogP contribution in [0.25, 0.3) is 0 Å². The van der Waals surface area contributed by atoms with Crippen molar-refractivity contribution >= 4 is 17.2 Å². The Balaban J connectivity index is 2.49. The van der Waals surface area contributed by atoms with Crippen LogP contribution in [0.4, 0.5) is 17.2 Å². The van der Waals surface area contributed by atoms with Crippen LogP contribution in [-0.2, 0) is 13.5 Å². The summed E-state index contributed by atoms with van der Waals surface area (Å²) in [6.45, 7) is 6.29. The van der Waals surface area contributed by atoms with Gasteiger partial charge in [0, 0.05) is 19.8 Å². The van der Waals surface area contributed by atoms with Crippen molar-refractivity contribution in [2.24, 2.45) is 7.05 Å². The highest BCUT2D eigenvalue weighted by atomic mass is 15.4. The van der Waals surface area contributed by atoms with Gasteiger partial charge in [-0.15, -0.1) is 0 Å². The summed E-state index contributed by atoms with van der Waals surface area (Å²) in [7, 11) is 3.97. The van der Waals surface area contributed by atoms with Crippen molar-refractivity contribution in [3.05, 3.63) is 35.0 Å². The average molecular weight is 258 g/mol. The van der Waals surface area contributed by atoms with Crippen LogP contribution in [0.2, 0.25) is 0 Å². The molecule has 0 unspecified atom stereocenters. The van der Waals surface area contributed by atoms with Gasteiger partial charge in [-0.3, -0.25) is 4.68 Å². The fourth-order valence-corrected chi connectivity index (χ4v) is 2.54. The Labute approximate surface area is 114 Å². The first-order chi connectivity index (χ1) is 8.95. The summed E-state index contributed by atoms with van der Waals surface area (Å²) >= 11 is 0. The lowest BCUT2D eigenvalue weighted by molar-refractivity contribution is 0.741. The molecule has 0 aliphatic carbocycles. The number of rotatable bonds is 3. The molecule has 0 bridgehead atoms. The molecular weight excluding hydrogens is 236 g/mol. The smallest absolute Gasteiger partial charge is 0.154 e. The molecule has 102 valence electrons. The highest BCUT2D eigenvalue weighted by Gasteiger charge is 2.17. The summed E-state index contributed by atoms with van der Waals surface area (Å²) in [5, 5.41) is 4.47. The molecule has 0 aliphatic heterocycles. The monoisotopic (exact) mass is 258 g/mol. The first-order valence-electron chi connectivity index (χ1n) is 6.58. The van der Waals surface area contributed by atoms with E-state index in [1.165, 1.54) is 11.1 Å². The Morgan fingerprint density at radius 2 is 2.00 bits per heavy atom. The Morgan fingerprint density at radius 1 is 1.32 bits per heavy atom. The summed E-state index contributed by atoms with van der Waals surface area (Å²) in [5.41, 5.74) is 11.6. The number of benzene rings is 1. The molecule has 0 radical (unpaired) electrons. The zero-order valence-electron chi connectivity index (χ0n) is 12.4. The minimum atomic E-state index is 0.771. The van der Waals surface area contributed by atoms with E-state index in [4.69, 9.17) is 5.73 Å². The molecule has 0 aliphatic rings. The fraction of sp³-hybridized carbons (Fsp3) is 0.400. The van der Waals surface area contributed by atoms with Gasteiger partial charge in [-0.05, 0) is 31.9 Å². The van der Waals surface area contributed by atoms with E-state index in [9.17, 15) is 0 Å². The third-order valence-corrected chi connectivity index (χ3v) is 3.50. The van der Waals surface area contributed by atoms with Gasteiger partial charge in [0.05, 0.1) is 11.4 Å². The fourth-order valence-electron chi connectivity index (χ4n) is 2.54. The summed E-state index contributed by atoms with van der Waals surface area (Å²) in [6, 6.07) is 6.42. The lowest BCUT2D eigenvalue weighted by atomic mass is 10.1. The van der Waals surface area contributed by atoms with E-state index >= 15 is 0 Å². The van der Waals surface area contributed by atoms with Crippen molar-refractivity contribution in [2.75, 3.05) is 17.7 Å². The third-order valence-electron chi connectivity index (χ3n) is 3.50. The molecule has 1 heterocycles. The second-order valence-electron chi connectivity index (χ2n) is 5.01. The van der Waals surface area contributed by atoms with Crippen LogP contribution in [0.5, 0.6) is 0 Å². The molecule has 19 heavy (non-hydrogen) atoms. The molecular formula is C15H22N4. The van der Waals surface area contributed by atoms with Gasteiger partial charge in [0.1, 0.15) is 0 Å². The molecule has 0 saturated carbocycles. The van der Waals surface area contributed by atoms with Crippen LogP contribution in [-0.4, -0.2) is 16.8 Å². The van der Waals surface area contributed by atoms with Crippen LogP contribution in [0, 0.1) is 13.8 Å². The summed E-state index contributed by atoms with van der Waals surface area (Å²) in [6.07, 6.45) is 0.848. The van der Waals surface area contributed by atoms with Crippen LogP contribution in [0.3, 0.4) is 0 Å². The zero-order chi connectivity index (χ0) is 14.2. The van der Waals surface area contributed by atoms with E-state index in [-0.39, 0.29) is 0 Å². The maximum Gasteiger partial charge on any atom is 0.154 e. The number of nitrogen functional groups attached to an aromatic ring is 1. The molecule has 2 rings (SSSR count). The number of nitrogens with two attached hydrogens (primary N) is 1. The van der Waals surface area contributed by atoms with Crippen molar-refractivity contribution < 1.29 is 0 Å². The lowest BCUT2D eigenvalue weighted by Crippen LogP contribution is -2.16. The van der Waals surface area contributed by atoms with E-state index in [0.717, 1.165) is 29.3 Å². The molecule has 1 aromatic carbocycles. The van der Waals surface area contributed by atoms with Crippen molar-refractivity contribution in [1.82, 2.24) is 9.78 Å². The Hall–Kier alpha value is -1.97. The van der Waals surface area contributed by atoms with E-state index in [1.54, 1.807) is 0 Å². The van der Waals surface area contributed by atoms with Crippen molar-refractivity contribution in [2.45, 2.75) is 27.2 Å². The highest BCUT2D eigenvalue weighted by molar-refractivity contribution is 5.74. The first kappa shape index (κ1) is 13.5. The SMILES string of the molecule is CCc1nn(C)c(N(C)c2ccc(C)cc2C)c1N. The van der Waals surface area contributed by atoms with Crippen LogP contribution in [0.15, 0.2) is 18.2 Å². The average Bonchev–Trinajstić information content (AvgIpc) is 2.63. The van der Waals surface area contributed by atoms with E-state index in [0.29, 0.717) is 0 Å². The molecule has 0 fully saturated rings. The number of aromatic nitrogens is 2. The molecule has 0 saturated heterocycles. The van der Waals surface area contributed by atoms with Gasteiger partial charge in [-0.2, -0.15) is 5.10 Å².